The molecule has 0 unspecified atom stereocenters. The second-order valence-electron chi connectivity index (χ2n) is 7.80. The lowest BCUT2D eigenvalue weighted by atomic mass is 9.76. The van der Waals surface area contributed by atoms with Crippen LogP contribution in [0.1, 0.15) is 16.7 Å². The molecule has 166 valence electrons. The Hall–Kier alpha value is -4.51. The number of methoxy groups -OCH3 is 1. The fraction of sp³-hybridized carbons (Fsp3) is 0.0690. The number of ether oxygens (including phenoxy) is 1. The van der Waals surface area contributed by atoms with Crippen LogP contribution in [0.2, 0.25) is 0 Å². The maximum absolute atomic E-state index is 5.24. The highest BCUT2D eigenvalue weighted by molar-refractivity contribution is 5.52. The Labute approximate surface area is 199 Å². The third kappa shape index (κ3) is 3.88. The lowest BCUT2D eigenvalue weighted by Gasteiger charge is -2.37. The average Bonchev–Trinajstić information content (AvgIpc) is 3.39. The van der Waals surface area contributed by atoms with E-state index in [9.17, 15) is 0 Å². The summed E-state index contributed by atoms with van der Waals surface area (Å²) in [5, 5.41) is 9.04. The first-order valence-corrected chi connectivity index (χ1v) is 11.1. The molecule has 5 rings (SSSR count). The Bertz CT molecular complexity index is 1270. The zero-order valence-electron chi connectivity index (χ0n) is 18.8. The lowest BCUT2D eigenvalue weighted by Crippen LogP contribution is -2.37. The Morgan fingerprint density at radius 1 is 0.647 bits per heavy atom. The number of hydrogen-bond donors (Lipinski definition) is 0. The monoisotopic (exact) mass is 444 g/mol. The van der Waals surface area contributed by atoms with Gasteiger partial charge in [0.2, 0.25) is 0 Å². The van der Waals surface area contributed by atoms with Crippen molar-refractivity contribution in [3.8, 4) is 5.75 Å². The summed E-state index contributed by atoms with van der Waals surface area (Å²) in [7, 11) is 1.64. The molecule has 0 radical (unpaired) electrons. The van der Waals surface area contributed by atoms with E-state index in [4.69, 9.17) is 4.74 Å². The second kappa shape index (κ2) is 9.55. The highest BCUT2D eigenvalue weighted by atomic mass is 16.5. The van der Waals surface area contributed by atoms with Gasteiger partial charge in [0.15, 0.2) is 0 Å². The summed E-state index contributed by atoms with van der Waals surface area (Å²) in [6, 6.07) is 38.8. The quantitative estimate of drug-likeness (QED) is 0.198. The molecular formula is C29H24N4O. The number of hydrogen-bond acceptors (Lipinski definition) is 4. The van der Waals surface area contributed by atoms with Crippen molar-refractivity contribution in [2.24, 2.45) is 10.2 Å². The van der Waals surface area contributed by atoms with E-state index in [1.54, 1.807) is 13.3 Å². The van der Waals surface area contributed by atoms with Crippen LogP contribution in [0.3, 0.4) is 0 Å². The van der Waals surface area contributed by atoms with Gasteiger partial charge in [0, 0.05) is 12.4 Å². The van der Waals surface area contributed by atoms with Gasteiger partial charge in [0.1, 0.15) is 11.3 Å². The van der Waals surface area contributed by atoms with Gasteiger partial charge in [-0.2, -0.15) is 0 Å². The van der Waals surface area contributed by atoms with Gasteiger partial charge in [-0.15, -0.1) is 10.2 Å². The van der Waals surface area contributed by atoms with Crippen LogP contribution >= 0.6 is 0 Å². The van der Waals surface area contributed by atoms with E-state index < -0.39 is 5.54 Å². The number of benzene rings is 4. The number of imidazole rings is 1. The van der Waals surface area contributed by atoms with Crippen molar-refractivity contribution in [2.75, 3.05) is 7.11 Å². The zero-order chi connectivity index (χ0) is 23.2. The largest absolute Gasteiger partial charge is 0.497 e. The molecule has 0 aliphatic carbocycles. The van der Waals surface area contributed by atoms with Crippen molar-refractivity contribution < 1.29 is 4.74 Å². The van der Waals surface area contributed by atoms with Crippen molar-refractivity contribution in [1.82, 2.24) is 9.55 Å². The number of azo groups is 1. The van der Waals surface area contributed by atoms with E-state index in [-0.39, 0.29) is 0 Å². The van der Waals surface area contributed by atoms with Crippen LogP contribution in [0.5, 0.6) is 5.75 Å². The molecule has 5 heteroatoms. The Kier molecular flexibility index (Phi) is 5.99. The van der Waals surface area contributed by atoms with E-state index in [1.165, 1.54) is 0 Å². The Morgan fingerprint density at radius 3 is 1.62 bits per heavy atom. The number of rotatable bonds is 7. The summed E-state index contributed by atoms with van der Waals surface area (Å²) in [5.74, 6) is 1.28. The third-order valence-corrected chi connectivity index (χ3v) is 5.88. The second-order valence-corrected chi connectivity index (χ2v) is 7.80. The molecule has 0 atom stereocenters. The molecule has 0 aliphatic rings. The fourth-order valence-corrected chi connectivity index (χ4v) is 4.34. The van der Waals surface area contributed by atoms with Gasteiger partial charge in [-0.1, -0.05) is 91.0 Å². The molecule has 1 aromatic heterocycles. The molecule has 34 heavy (non-hydrogen) atoms. The molecule has 0 saturated carbocycles. The molecule has 0 spiro atoms. The van der Waals surface area contributed by atoms with Gasteiger partial charge < -0.3 is 4.74 Å². The summed E-state index contributed by atoms with van der Waals surface area (Å²) < 4.78 is 7.34. The van der Waals surface area contributed by atoms with Crippen LogP contribution in [0.25, 0.3) is 0 Å². The molecule has 5 aromatic rings. The van der Waals surface area contributed by atoms with E-state index >= 15 is 0 Å². The number of nitrogens with zero attached hydrogens (tertiary/aromatic N) is 4. The highest BCUT2D eigenvalue weighted by Crippen LogP contribution is 2.43. The van der Waals surface area contributed by atoms with Crippen LogP contribution in [-0.4, -0.2) is 16.7 Å². The molecule has 4 aromatic carbocycles. The third-order valence-electron chi connectivity index (χ3n) is 5.88. The van der Waals surface area contributed by atoms with E-state index in [2.05, 4.69) is 92.6 Å². The van der Waals surface area contributed by atoms with Crippen LogP contribution in [0, 0.1) is 0 Å². The predicted octanol–water partition coefficient (Wildman–Crippen LogP) is 7.15. The lowest BCUT2D eigenvalue weighted by molar-refractivity contribution is 0.415. The van der Waals surface area contributed by atoms with Gasteiger partial charge in [0.25, 0.3) is 5.95 Å². The minimum atomic E-state index is -0.686. The maximum atomic E-state index is 5.24. The van der Waals surface area contributed by atoms with Crippen molar-refractivity contribution in [2.45, 2.75) is 5.54 Å². The highest BCUT2D eigenvalue weighted by Gasteiger charge is 2.39. The summed E-state index contributed by atoms with van der Waals surface area (Å²) in [6.07, 6.45) is 3.74. The van der Waals surface area contributed by atoms with Gasteiger partial charge in [-0.3, -0.25) is 4.57 Å². The summed E-state index contributed by atoms with van der Waals surface area (Å²) in [6.45, 7) is 0. The smallest absolute Gasteiger partial charge is 0.250 e. The summed E-state index contributed by atoms with van der Waals surface area (Å²) >= 11 is 0. The molecule has 0 bridgehead atoms. The molecule has 0 amide bonds. The SMILES string of the molecule is COc1ccc(N=Nc2nccn2C(c2ccccc2)(c2ccccc2)c2ccccc2)cc1. The first-order valence-electron chi connectivity index (χ1n) is 11.1. The average molecular weight is 445 g/mol. The molecule has 1 heterocycles. The summed E-state index contributed by atoms with van der Waals surface area (Å²) in [5.41, 5.74) is 3.35. The van der Waals surface area contributed by atoms with Crippen LogP contribution < -0.4 is 4.74 Å². The van der Waals surface area contributed by atoms with Gasteiger partial charge in [-0.05, 0) is 41.0 Å². The van der Waals surface area contributed by atoms with E-state index in [0.29, 0.717) is 5.95 Å². The molecule has 0 fully saturated rings. The van der Waals surface area contributed by atoms with Crippen LogP contribution in [-0.2, 0) is 5.54 Å². The Morgan fingerprint density at radius 2 is 1.15 bits per heavy atom. The molecule has 0 aliphatic heterocycles. The number of aromatic nitrogens is 2. The van der Waals surface area contributed by atoms with Crippen molar-refractivity contribution in [3.05, 3.63) is 144 Å². The van der Waals surface area contributed by atoms with Gasteiger partial charge >= 0.3 is 0 Å². The standard InChI is InChI=1S/C29H24N4O/c1-34-27-19-17-26(18-20-27)31-32-28-30-21-22-33(28)29(23-11-5-2-6-12-23,24-13-7-3-8-14-24)25-15-9-4-10-16-25/h2-22H,1H3. The normalized spacial score (nSPS) is 11.6. The molecule has 0 saturated heterocycles. The molecule has 5 nitrogen and oxygen atoms in total. The van der Waals surface area contributed by atoms with Crippen molar-refractivity contribution in [1.29, 1.82) is 0 Å². The Balaban J connectivity index is 1.73. The van der Waals surface area contributed by atoms with Crippen LogP contribution in [0.15, 0.2) is 138 Å². The van der Waals surface area contributed by atoms with E-state index in [1.807, 2.05) is 48.7 Å². The predicted molar refractivity (Wildman–Crippen MR) is 134 cm³/mol. The maximum Gasteiger partial charge on any atom is 0.250 e. The molecular weight excluding hydrogens is 420 g/mol. The summed E-state index contributed by atoms with van der Waals surface area (Å²) in [4.78, 5) is 4.59. The van der Waals surface area contributed by atoms with E-state index in [0.717, 1.165) is 28.1 Å². The fourth-order valence-electron chi connectivity index (χ4n) is 4.34. The van der Waals surface area contributed by atoms with Crippen molar-refractivity contribution >= 4 is 11.6 Å². The van der Waals surface area contributed by atoms with Crippen LogP contribution in [0.4, 0.5) is 11.6 Å². The topological polar surface area (TPSA) is 51.8 Å². The first-order chi connectivity index (χ1) is 16.8. The molecule has 0 N–H and O–H groups in total. The van der Waals surface area contributed by atoms with Gasteiger partial charge in [0.05, 0.1) is 12.8 Å². The van der Waals surface area contributed by atoms with Crippen molar-refractivity contribution in [3.63, 3.8) is 0 Å². The van der Waals surface area contributed by atoms with Gasteiger partial charge in [-0.25, -0.2) is 4.98 Å². The minimum Gasteiger partial charge on any atom is -0.497 e. The zero-order valence-corrected chi connectivity index (χ0v) is 18.8. The minimum absolute atomic E-state index is 0.507. The first kappa shape index (κ1) is 21.3.